The SMILES string of the molecule is OC(CC1c2ccccc2-c2cncn21)c1ccc2sncc2c1. The molecule has 0 spiro atoms. The molecular formula is C19H15N3OS. The van der Waals surface area contributed by atoms with E-state index in [4.69, 9.17) is 0 Å². The van der Waals surface area contributed by atoms with Gasteiger partial charge in [-0.25, -0.2) is 4.98 Å². The fourth-order valence-electron chi connectivity index (χ4n) is 3.62. The smallest absolute Gasteiger partial charge is 0.0956 e. The first-order chi connectivity index (χ1) is 11.8. The summed E-state index contributed by atoms with van der Waals surface area (Å²) in [6.45, 7) is 0. The van der Waals surface area contributed by atoms with E-state index in [0.29, 0.717) is 6.42 Å². The van der Waals surface area contributed by atoms with Crippen molar-refractivity contribution < 1.29 is 5.11 Å². The predicted molar refractivity (Wildman–Crippen MR) is 95.0 cm³/mol. The van der Waals surface area contributed by atoms with Crippen molar-refractivity contribution in [2.24, 2.45) is 0 Å². The molecule has 118 valence electrons. The minimum absolute atomic E-state index is 0.116. The average molecular weight is 333 g/mol. The van der Waals surface area contributed by atoms with Crippen LogP contribution in [0.3, 0.4) is 0 Å². The van der Waals surface area contributed by atoms with Gasteiger partial charge in [-0.05, 0) is 34.8 Å². The number of hydrogen-bond donors (Lipinski definition) is 1. The summed E-state index contributed by atoms with van der Waals surface area (Å²) >= 11 is 1.48. The van der Waals surface area contributed by atoms with E-state index >= 15 is 0 Å². The normalized spacial score (nSPS) is 17.0. The standard InChI is InChI=1S/C19H15N3OS/c23-18(12-5-6-19-13(7-12)9-21-24-19)8-16-14-3-1-2-4-15(14)17-10-20-11-22(16)17/h1-7,9-11,16,18,23H,8H2. The van der Waals surface area contributed by atoms with Crippen molar-refractivity contribution in [3.05, 3.63) is 72.3 Å². The highest BCUT2D eigenvalue weighted by Crippen LogP contribution is 2.43. The van der Waals surface area contributed by atoms with Crippen molar-refractivity contribution >= 4 is 21.6 Å². The lowest BCUT2D eigenvalue weighted by atomic mass is 9.95. The predicted octanol–water partition coefficient (Wildman–Crippen LogP) is 4.19. The van der Waals surface area contributed by atoms with Gasteiger partial charge in [-0.2, -0.15) is 4.37 Å². The molecule has 4 aromatic rings. The highest BCUT2D eigenvalue weighted by molar-refractivity contribution is 7.13. The topological polar surface area (TPSA) is 50.9 Å². The van der Waals surface area contributed by atoms with E-state index in [2.05, 4.69) is 32.1 Å². The van der Waals surface area contributed by atoms with Gasteiger partial charge < -0.3 is 9.67 Å². The molecule has 1 aliphatic rings. The monoisotopic (exact) mass is 333 g/mol. The summed E-state index contributed by atoms with van der Waals surface area (Å²) in [7, 11) is 0. The van der Waals surface area contributed by atoms with Gasteiger partial charge in [0.25, 0.3) is 0 Å². The van der Waals surface area contributed by atoms with Crippen LogP contribution in [0, 0.1) is 0 Å². The van der Waals surface area contributed by atoms with Gasteiger partial charge in [-0.3, -0.25) is 0 Å². The summed E-state index contributed by atoms with van der Waals surface area (Å²) in [5.41, 5.74) is 4.53. The number of aliphatic hydroxyl groups is 1. The summed E-state index contributed by atoms with van der Waals surface area (Å²) in [4.78, 5) is 4.28. The first-order valence-corrected chi connectivity index (χ1v) is 8.72. The van der Waals surface area contributed by atoms with Gasteiger partial charge in [0.15, 0.2) is 0 Å². The molecule has 2 unspecified atom stereocenters. The second-order valence-corrected chi connectivity index (χ2v) is 7.00. The Hall–Kier alpha value is -2.50. The van der Waals surface area contributed by atoms with Crippen LogP contribution < -0.4 is 0 Å². The highest BCUT2D eigenvalue weighted by Gasteiger charge is 2.30. The van der Waals surface area contributed by atoms with Crippen LogP contribution in [0.25, 0.3) is 21.3 Å². The Morgan fingerprint density at radius 2 is 2.08 bits per heavy atom. The fourth-order valence-corrected chi connectivity index (χ4v) is 4.24. The second-order valence-electron chi connectivity index (χ2n) is 6.16. The minimum Gasteiger partial charge on any atom is -0.388 e. The first kappa shape index (κ1) is 13.9. The van der Waals surface area contributed by atoms with Crippen LogP contribution in [0.5, 0.6) is 0 Å². The van der Waals surface area contributed by atoms with Gasteiger partial charge in [-0.15, -0.1) is 0 Å². The van der Waals surface area contributed by atoms with Gasteiger partial charge in [0.1, 0.15) is 0 Å². The Morgan fingerprint density at radius 3 is 3.04 bits per heavy atom. The molecule has 2 aromatic heterocycles. The van der Waals surface area contributed by atoms with Crippen molar-refractivity contribution in [3.63, 3.8) is 0 Å². The molecule has 0 saturated carbocycles. The first-order valence-electron chi connectivity index (χ1n) is 7.95. The van der Waals surface area contributed by atoms with E-state index < -0.39 is 6.10 Å². The zero-order valence-electron chi connectivity index (χ0n) is 12.8. The van der Waals surface area contributed by atoms with Gasteiger partial charge in [0, 0.05) is 23.6 Å². The zero-order chi connectivity index (χ0) is 16.1. The number of benzene rings is 2. The third-order valence-electron chi connectivity index (χ3n) is 4.81. The molecular weight excluding hydrogens is 318 g/mol. The fraction of sp³-hybridized carbons (Fsp3) is 0.158. The summed E-state index contributed by atoms with van der Waals surface area (Å²) in [5.74, 6) is 0. The van der Waals surface area contributed by atoms with Gasteiger partial charge in [0.05, 0.1) is 35.1 Å². The van der Waals surface area contributed by atoms with Crippen molar-refractivity contribution in [3.8, 4) is 11.3 Å². The number of fused-ring (bicyclic) bond motifs is 4. The van der Waals surface area contributed by atoms with Crippen molar-refractivity contribution in [1.82, 2.24) is 13.9 Å². The molecule has 0 radical (unpaired) electrons. The van der Waals surface area contributed by atoms with Crippen LogP contribution in [-0.2, 0) is 0 Å². The van der Waals surface area contributed by atoms with Gasteiger partial charge >= 0.3 is 0 Å². The average Bonchev–Trinajstić information content (AvgIpc) is 3.31. The molecule has 5 rings (SSSR count). The Morgan fingerprint density at radius 1 is 1.17 bits per heavy atom. The van der Waals surface area contributed by atoms with E-state index in [1.54, 1.807) is 0 Å². The minimum atomic E-state index is -0.527. The van der Waals surface area contributed by atoms with Crippen molar-refractivity contribution in [1.29, 1.82) is 0 Å². The lowest BCUT2D eigenvalue weighted by Gasteiger charge is -2.19. The van der Waals surface area contributed by atoms with Crippen LogP contribution in [0.15, 0.2) is 61.2 Å². The summed E-state index contributed by atoms with van der Waals surface area (Å²) in [6.07, 6.45) is 5.71. The lowest BCUT2D eigenvalue weighted by Crippen LogP contribution is -2.10. The summed E-state index contributed by atoms with van der Waals surface area (Å²) in [6, 6.07) is 14.6. The van der Waals surface area contributed by atoms with Crippen LogP contribution in [0.1, 0.15) is 29.7 Å². The number of imidazole rings is 1. The molecule has 1 aliphatic heterocycles. The molecule has 3 heterocycles. The lowest BCUT2D eigenvalue weighted by molar-refractivity contribution is 0.154. The van der Waals surface area contributed by atoms with Crippen LogP contribution >= 0.6 is 11.5 Å². The third kappa shape index (κ3) is 2.02. The quantitative estimate of drug-likeness (QED) is 0.612. The van der Waals surface area contributed by atoms with E-state index in [-0.39, 0.29) is 6.04 Å². The number of nitrogens with zero attached hydrogens (tertiary/aromatic N) is 3. The number of aliphatic hydroxyl groups excluding tert-OH is 1. The maximum Gasteiger partial charge on any atom is 0.0956 e. The number of rotatable bonds is 3. The maximum atomic E-state index is 10.8. The molecule has 0 fully saturated rings. The molecule has 5 heteroatoms. The molecule has 2 atom stereocenters. The Bertz CT molecular complexity index is 1040. The van der Waals surface area contributed by atoms with Crippen LogP contribution in [0.2, 0.25) is 0 Å². The molecule has 0 bridgehead atoms. The van der Waals surface area contributed by atoms with Crippen molar-refractivity contribution in [2.45, 2.75) is 18.6 Å². The van der Waals surface area contributed by atoms with Gasteiger partial charge in [-0.1, -0.05) is 30.3 Å². The third-order valence-corrected chi connectivity index (χ3v) is 5.58. The molecule has 2 aromatic carbocycles. The number of hydrogen-bond acceptors (Lipinski definition) is 4. The zero-order valence-corrected chi connectivity index (χ0v) is 13.6. The highest BCUT2D eigenvalue weighted by atomic mass is 32.1. The summed E-state index contributed by atoms with van der Waals surface area (Å²) in [5, 5.41) is 11.9. The molecule has 0 aliphatic carbocycles. The Kier molecular flexibility index (Phi) is 3.04. The van der Waals surface area contributed by atoms with Crippen molar-refractivity contribution in [2.75, 3.05) is 0 Å². The van der Waals surface area contributed by atoms with Gasteiger partial charge in [0.2, 0.25) is 0 Å². The second kappa shape index (κ2) is 5.26. The Labute approximate surface area is 143 Å². The molecule has 1 N–H and O–H groups in total. The maximum absolute atomic E-state index is 10.8. The molecule has 4 nitrogen and oxygen atoms in total. The van der Waals surface area contributed by atoms with Crippen LogP contribution in [0.4, 0.5) is 0 Å². The van der Waals surface area contributed by atoms with Crippen LogP contribution in [-0.4, -0.2) is 19.0 Å². The molecule has 24 heavy (non-hydrogen) atoms. The van der Waals surface area contributed by atoms with E-state index in [1.165, 1.54) is 22.7 Å². The van der Waals surface area contributed by atoms with E-state index in [0.717, 1.165) is 21.3 Å². The Balaban J connectivity index is 1.51. The number of aromatic nitrogens is 3. The summed E-state index contributed by atoms with van der Waals surface area (Å²) < 4.78 is 7.52. The van der Waals surface area contributed by atoms with E-state index in [1.807, 2.05) is 43.0 Å². The molecule has 0 saturated heterocycles. The van der Waals surface area contributed by atoms with E-state index in [9.17, 15) is 5.11 Å². The molecule has 0 amide bonds. The largest absolute Gasteiger partial charge is 0.388 e.